The van der Waals surface area contributed by atoms with Gasteiger partial charge in [0.05, 0.1) is 36.9 Å². The fourth-order valence-corrected chi connectivity index (χ4v) is 2.82. The third kappa shape index (κ3) is 2.76. The van der Waals surface area contributed by atoms with E-state index in [9.17, 15) is 9.90 Å². The molecule has 0 aliphatic carbocycles. The lowest BCUT2D eigenvalue weighted by Gasteiger charge is -2.44. The minimum Gasteiger partial charge on any atom is -0.394 e. The van der Waals surface area contributed by atoms with E-state index in [1.54, 1.807) is 4.90 Å². The Hall–Kier alpha value is -0.690. The molecule has 6 nitrogen and oxygen atoms in total. The number of hydrogen-bond donors (Lipinski definition) is 2. The lowest BCUT2D eigenvalue weighted by molar-refractivity contribution is -0.174. The molecule has 0 saturated carbocycles. The van der Waals surface area contributed by atoms with Crippen molar-refractivity contribution in [2.24, 2.45) is 11.1 Å². The van der Waals surface area contributed by atoms with Crippen molar-refractivity contribution < 1.29 is 19.4 Å². The van der Waals surface area contributed by atoms with Crippen LogP contribution in [-0.4, -0.2) is 66.6 Å². The molecule has 19 heavy (non-hydrogen) atoms. The molecule has 1 amide bonds. The summed E-state index contributed by atoms with van der Waals surface area (Å²) < 4.78 is 11.1. The van der Waals surface area contributed by atoms with Gasteiger partial charge in [0, 0.05) is 19.1 Å². The number of rotatable bonds is 2. The van der Waals surface area contributed by atoms with Crippen LogP contribution in [0.15, 0.2) is 0 Å². The van der Waals surface area contributed by atoms with Crippen molar-refractivity contribution >= 4 is 5.91 Å². The molecule has 3 atom stereocenters. The second-order valence-electron chi connectivity index (χ2n) is 6.41. The number of nitrogens with zero attached hydrogens (tertiary/aromatic N) is 1. The number of aliphatic hydroxyl groups is 1. The van der Waals surface area contributed by atoms with Crippen LogP contribution in [0.1, 0.15) is 20.8 Å². The highest BCUT2D eigenvalue weighted by atomic mass is 16.5. The number of ether oxygens (including phenoxy) is 2. The van der Waals surface area contributed by atoms with Gasteiger partial charge in [-0.25, -0.2) is 0 Å². The molecule has 3 unspecified atom stereocenters. The summed E-state index contributed by atoms with van der Waals surface area (Å²) in [6, 6.07) is -0.279. The standard InChI is InChI=1S/C13H24N2O4/c1-12(2)7-15(4-9(5-16)19-12)11(17)13(3)8-18-6-10(13)14/h9-10,16H,4-8,14H2,1-3H3. The number of carbonyl (C=O) groups is 1. The summed E-state index contributed by atoms with van der Waals surface area (Å²) in [5.74, 6) is -0.00711. The van der Waals surface area contributed by atoms with Crippen LogP contribution in [0.25, 0.3) is 0 Å². The maximum absolute atomic E-state index is 12.7. The van der Waals surface area contributed by atoms with E-state index in [0.717, 1.165) is 0 Å². The topological polar surface area (TPSA) is 85.0 Å². The Labute approximate surface area is 113 Å². The van der Waals surface area contributed by atoms with Gasteiger partial charge in [0.25, 0.3) is 0 Å². The predicted molar refractivity (Wildman–Crippen MR) is 69.5 cm³/mol. The number of hydrogen-bond acceptors (Lipinski definition) is 5. The van der Waals surface area contributed by atoms with E-state index in [-0.39, 0.29) is 24.7 Å². The summed E-state index contributed by atoms with van der Waals surface area (Å²) in [5, 5.41) is 9.29. The third-order valence-corrected chi connectivity index (χ3v) is 3.98. The van der Waals surface area contributed by atoms with Gasteiger partial charge in [-0.15, -0.1) is 0 Å². The minimum absolute atomic E-state index is 0.00711. The number of carbonyl (C=O) groups excluding carboxylic acids is 1. The zero-order valence-electron chi connectivity index (χ0n) is 11.9. The smallest absolute Gasteiger partial charge is 0.232 e. The lowest BCUT2D eigenvalue weighted by atomic mass is 9.83. The van der Waals surface area contributed by atoms with Crippen molar-refractivity contribution in [3.8, 4) is 0 Å². The Kier molecular flexibility index (Phi) is 3.88. The van der Waals surface area contributed by atoms with Crippen molar-refractivity contribution in [2.75, 3.05) is 32.9 Å². The molecule has 2 fully saturated rings. The van der Waals surface area contributed by atoms with Gasteiger partial charge < -0.3 is 25.2 Å². The van der Waals surface area contributed by atoms with Gasteiger partial charge in [0.15, 0.2) is 0 Å². The van der Waals surface area contributed by atoms with E-state index in [4.69, 9.17) is 15.2 Å². The second-order valence-corrected chi connectivity index (χ2v) is 6.41. The van der Waals surface area contributed by atoms with Crippen LogP contribution in [0.4, 0.5) is 0 Å². The molecule has 6 heteroatoms. The summed E-state index contributed by atoms with van der Waals surface area (Å²) in [6.07, 6.45) is -0.338. The quantitative estimate of drug-likeness (QED) is 0.697. The van der Waals surface area contributed by atoms with E-state index < -0.39 is 11.0 Å². The largest absolute Gasteiger partial charge is 0.394 e. The van der Waals surface area contributed by atoms with Gasteiger partial charge in [0.1, 0.15) is 0 Å². The molecular weight excluding hydrogens is 248 g/mol. The van der Waals surface area contributed by atoms with Gasteiger partial charge in [-0.1, -0.05) is 0 Å². The van der Waals surface area contributed by atoms with Crippen molar-refractivity contribution in [2.45, 2.75) is 38.5 Å². The number of nitrogens with two attached hydrogens (primary N) is 1. The van der Waals surface area contributed by atoms with Crippen LogP contribution >= 0.6 is 0 Å². The van der Waals surface area contributed by atoms with Crippen molar-refractivity contribution in [3.05, 3.63) is 0 Å². The molecule has 0 aromatic heterocycles. The van der Waals surface area contributed by atoms with Crippen LogP contribution in [0, 0.1) is 5.41 Å². The van der Waals surface area contributed by atoms with Crippen molar-refractivity contribution in [3.63, 3.8) is 0 Å². The zero-order chi connectivity index (χ0) is 14.3. The predicted octanol–water partition coefficient (Wildman–Crippen LogP) is -0.651. The molecule has 0 aromatic carbocycles. The van der Waals surface area contributed by atoms with Crippen LogP contribution in [0.2, 0.25) is 0 Å². The summed E-state index contributed by atoms with van der Waals surface area (Å²) in [5.41, 5.74) is 4.87. The lowest BCUT2D eigenvalue weighted by Crippen LogP contribution is -2.60. The first-order valence-electron chi connectivity index (χ1n) is 6.70. The maximum Gasteiger partial charge on any atom is 0.232 e. The first-order chi connectivity index (χ1) is 8.78. The van der Waals surface area contributed by atoms with Crippen LogP contribution in [0.3, 0.4) is 0 Å². The van der Waals surface area contributed by atoms with Crippen molar-refractivity contribution in [1.82, 2.24) is 4.90 Å². The van der Waals surface area contributed by atoms with Crippen LogP contribution in [0.5, 0.6) is 0 Å². The Morgan fingerprint density at radius 1 is 1.47 bits per heavy atom. The van der Waals surface area contributed by atoms with Gasteiger partial charge in [-0.05, 0) is 20.8 Å². The molecule has 110 valence electrons. The van der Waals surface area contributed by atoms with E-state index in [1.165, 1.54) is 0 Å². The summed E-state index contributed by atoms with van der Waals surface area (Å²) in [7, 11) is 0. The first kappa shape index (κ1) is 14.7. The summed E-state index contributed by atoms with van der Waals surface area (Å²) in [4.78, 5) is 14.5. The van der Waals surface area contributed by atoms with E-state index in [1.807, 2.05) is 20.8 Å². The fraction of sp³-hybridized carbons (Fsp3) is 0.923. The van der Waals surface area contributed by atoms with E-state index in [2.05, 4.69) is 0 Å². The Bertz CT molecular complexity index is 361. The summed E-state index contributed by atoms with van der Waals surface area (Å²) >= 11 is 0. The van der Waals surface area contributed by atoms with Crippen molar-refractivity contribution in [1.29, 1.82) is 0 Å². The highest BCUT2D eigenvalue weighted by Crippen LogP contribution is 2.32. The monoisotopic (exact) mass is 272 g/mol. The van der Waals surface area contributed by atoms with Gasteiger partial charge in [-0.3, -0.25) is 4.79 Å². The van der Waals surface area contributed by atoms with Crippen LogP contribution in [-0.2, 0) is 14.3 Å². The van der Waals surface area contributed by atoms with Gasteiger partial charge >= 0.3 is 0 Å². The van der Waals surface area contributed by atoms with Gasteiger partial charge in [-0.2, -0.15) is 0 Å². The van der Waals surface area contributed by atoms with E-state index in [0.29, 0.717) is 26.3 Å². The molecule has 2 saturated heterocycles. The molecule has 3 N–H and O–H groups in total. The normalized spacial score (nSPS) is 38.5. The highest BCUT2D eigenvalue weighted by Gasteiger charge is 2.48. The SMILES string of the molecule is CC1(C)CN(C(=O)C2(C)COCC2N)CC(CO)O1. The number of amides is 1. The third-order valence-electron chi connectivity index (χ3n) is 3.98. The highest BCUT2D eigenvalue weighted by molar-refractivity contribution is 5.84. The minimum atomic E-state index is -0.673. The summed E-state index contributed by atoms with van der Waals surface area (Å²) in [6.45, 7) is 7.28. The molecule has 2 aliphatic rings. The Morgan fingerprint density at radius 2 is 2.16 bits per heavy atom. The average Bonchev–Trinajstić information content (AvgIpc) is 2.67. The Morgan fingerprint density at radius 3 is 2.68 bits per heavy atom. The zero-order valence-corrected chi connectivity index (χ0v) is 11.9. The molecule has 0 aromatic rings. The first-order valence-corrected chi connectivity index (χ1v) is 6.70. The second kappa shape index (κ2) is 5.01. The van der Waals surface area contributed by atoms with Gasteiger partial charge in [0.2, 0.25) is 5.91 Å². The molecular formula is C13H24N2O4. The molecule has 2 heterocycles. The molecule has 0 bridgehead atoms. The fourth-order valence-electron chi connectivity index (χ4n) is 2.82. The van der Waals surface area contributed by atoms with E-state index >= 15 is 0 Å². The Balaban J connectivity index is 2.14. The van der Waals surface area contributed by atoms with Crippen LogP contribution < -0.4 is 5.73 Å². The number of morpholine rings is 1. The molecule has 2 aliphatic heterocycles. The molecule has 2 rings (SSSR count). The molecule has 0 radical (unpaired) electrons. The molecule has 0 spiro atoms. The number of aliphatic hydroxyl groups excluding tert-OH is 1. The maximum atomic E-state index is 12.7. The average molecular weight is 272 g/mol.